The quantitative estimate of drug-likeness (QED) is 0.736. The Hall–Kier alpha value is -0.570. The Morgan fingerprint density at radius 1 is 1.43 bits per heavy atom. The summed E-state index contributed by atoms with van der Waals surface area (Å²) in [6.45, 7) is 8.04. The second kappa shape index (κ2) is 4.78. The molecule has 0 aliphatic carbocycles. The highest BCUT2D eigenvalue weighted by Crippen LogP contribution is 2.17. The zero-order valence-corrected chi connectivity index (χ0v) is 9.71. The molecule has 1 saturated heterocycles. The third kappa shape index (κ3) is 2.47. The van der Waals surface area contributed by atoms with Gasteiger partial charge in [-0.1, -0.05) is 20.8 Å². The average Bonchev–Trinajstić information content (AvgIpc) is 2.63. The van der Waals surface area contributed by atoms with E-state index in [1.165, 1.54) is 0 Å². The third-order valence-electron chi connectivity index (χ3n) is 3.30. The fraction of sp³-hybridized carbons (Fsp3) is 0.909. The molecule has 2 unspecified atom stereocenters. The molecular weight excluding hydrogens is 176 g/mol. The molecule has 0 spiro atoms. The van der Waals surface area contributed by atoms with Crippen molar-refractivity contribution in [3.63, 3.8) is 0 Å². The largest absolute Gasteiger partial charge is 0.341 e. The van der Waals surface area contributed by atoms with Crippen molar-refractivity contribution in [3.05, 3.63) is 0 Å². The zero-order chi connectivity index (χ0) is 10.7. The predicted molar refractivity (Wildman–Crippen MR) is 58.0 cm³/mol. The number of hydrogen-bond donors (Lipinski definition) is 1. The third-order valence-corrected chi connectivity index (χ3v) is 3.30. The van der Waals surface area contributed by atoms with Gasteiger partial charge in [-0.05, 0) is 19.4 Å². The highest BCUT2D eigenvalue weighted by Gasteiger charge is 2.29. The van der Waals surface area contributed by atoms with Crippen LogP contribution in [0, 0.1) is 11.8 Å². The Bertz CT molecular complexity index is 203. The van der Waals surface area contributed by atoms with Crippen LogP contribution in [-0.4, -0.2) is 37.0 Å². The van der Waals surface area contributed by atoms with Crippen LogP contribution in [0.25, 0.3) is 0 Å². The second-order valence-electron chi connectivity index (χ2n) is 4.59. The topological polar surface area (TPSA) is 32.3 Å². The molecule has 0 aromatic carbocycles. The van der Waals surface area contributed by atoms with E-state index < -0.39 is 0 Å². The molecular formula is C11H22N2O. The number of likely N-dealkylation sites (N-methyl/N-ethyl adjacent to an activating group) is 1. The summed E-state index contributed by atoms with van der Waals surface area (Å²) < 4.78 is 0. The average molecular weight is 198 g/mol. The van der Waals surface area contributed by atoms with Crippen molar-refractivity contribution in [2.45, 2.75) is 33.2 Å². The van der Waals surface area contributed by atoms with Crippen molar-refractivity contribution in [2.75, 3.05) is 20.1 Å². The van der Waals surface area contributed by atoms with Gasteiger partial charge in [0, 0.05) is 25.0 Å². The highest BCUT2D eigenvalue weighted by molar-refractivity contribution is 5.79. The minimum Gasteiger partial charge on any atom is -0.341 e. The predicted octanol–water partition coefficient (Wildman–Crippen LogP) is 1.10. The first kappa shape index (κ1) is 11.5. The molecule has 3 nitrogen and oxygen atoms in total. The number of amides is 1. The van der Waals surface area contributed by atoms with Crippen molar-refractivity contribution in [2.24, 2.45) is 11.8 Å². The molecule has 3 heteroatoms. The van der Waals surface area contributed by atoms with E-state index in [1.807, 2.05) is 18.9 Å². The minimum absolute atomic E-state index is 0.158. The fourth-order valence-electron chi connectivity index (χ4n) is 1.77. The van der Waals surface area contributed by atoms with Gasteiger partial charge in [0.1, 0.15) is 0 Å². The lowest BCUT2D eigenvalue weighted by Gasteiger charge is -2.23. The molecule has 0 aromatic heterocycles. The van der Waals surface area contributed by atoms with Crippen LogP contribution in [-0.2, 0) is 4.79 Å². The molecule has 0 radical (unpaired) electrons. The van der Waals surface area contributed by atoms with Crippen LogP contribution in [0.3, 0.4) is 0 Å². The number of hydrogen-bond acceptors (Lipinski definition) is 2. The number of rotatable bonds is 3. The van der Waals surface area contributed by atoms with E-state index in [4.69, 9.17) is 0 Å². The molecule has 1 aliphatic heterocycles. The first-order valence-corrected chi connectivity index (χ1v) is 5.52. The van der Waals surface area contributed by atoms with Crippen LogP contribution in [0.2, 0.25) is 0 Å². The molecule has 2 atom stereocenters. The molecule has 1 rings (SSSR count). The van der Waals surface area contributed by atoms with Gasteiger partial charge >= 0.3 is 0 Å². The van der Waals surface area contributed by atoms with Crippen LogP contribution in [0.5, 0.6) is 0 Å². The van der Waals surface area contributed by atoms with Crippen LogP contribution in [0.1, 0.15) is 27.2 Å². The second-order valence-corrected chi connectivity index (χ2v) is 4.59. The van der Waals surface area contributed by atoms with E-state index in [0.29, 0.717) is 17.9 Å². The van der Waals surface area contributed by atoms with Gasteiger partial charge in [0.25, 0.3) is 0 Å². The molecule has 82 valence electrons. The number of nitrogens with zero attached hydrogens (tertiary/aromatic N) is 1. The Morgan fingerprint density at radius 2 is 2.07 bits per heavy atom. The van der Waals surface area contributed by atoms with Crippen LogP contribution in [0.15, 0.2) is 0 Å². The van der Waals surface area contributed by atoms with E-state index in [9.17, 15) is 4.79 Å². The summed E-state index contributed by atoms with van der Waals surface area (Å²) >= 11 is 0. The molecule has 1 amide bonds. The standard InChI is InChI=1S/C11H22N2O/c1-8(2)9(3)11(14)13-6-5-10(7-13)12-4/h8-10,12H,5-7H2,1-4H3. The SMILES string of the molecule is CNC1CCN(C(=O)C(C)C(C)C)C1. The van der Waals surface area contributed by atoms with E-state index in [-0.39, 0.29) is 5.92 Å². The number of carbonyl (C=O) groups excluding carboxylic acids is 1. The molecule has 0 aromatic rings. The molecule has 1 heterocycles. The van der Waals surface area contributed by atoms with Gasteiger partial charge in [0.15, 0.2) is 0 Å². The first-order valence-electron chi connectivity index (χ1n) is 5.52. The van der Waals surface area contributed by atoms with Gasteiger partial charge in [0.05, 0.1) is 0 Å². The maximum Gasteiger partial charge on any atom is 0.225 e. The highest BCUT2D eigenvalue weighted by atomic mass is 16.2. The van der Waals surface area contributed by atoms with E-state index in [1.54, 1.807) is 0 Å². The van der Waals surface area contributed by atoms with E-state index in [2.05, 4.69) is 19.2 Å². The summed E-state index contributed by atoms with van der Waals surface area (Å²) in [6, 6.07) is 0.498. The van der Waals surface area contributed by atoms with Gasteiger partial charge in [-0.3, -0.25) is 4.79 Å². The van der Waals surface area contributed by atoms with Crippen LogP contribution < -0.4 is 5.32 Å². The number of likely N-dealkylation sites (tertiary alicyclic amines) is 1. The van der Waals surface area contributed by atoms with Gasteiger partial charge in [-0.25, -0.2) is 0 Å². The Balaban J connectivity index is 2.47. The zero-order valence-electron chi connectivity index (χ0n) is 9.71. The molecule has 0 bridgehead atoms. The van der Waals surface area contributed by atoms with E-state index >= 15 is 0 Å². The monoisotopic (exact) mass is 198 g/mol. The van der Waals surface area contributed by atoms with Crippen molar-refractivity contribution in [1.82, 2.24) is 10.2 Å². The molecule has 0 saturated carbocycles. The maximum absolute atomic E-state index is 11.9. The fourth-order valence-corrected chi connectivity index (χ4v) is 1.77. The van der Waals surface area contributed by atoms with Crippen molar-refractivity contribution in [1.29, 1.82) is 0 Å². The van der Waals surface area contributed by atoms with Gasteiger partial charge in [0.2, 0.25) is 5.91 Å². The Kier molecular flexibility index (Phi) is 3.93. The number of nitrogens with one attached hydrogen (secondary N) is 1. The smallest absolute Gasteiger partial charge is 0.225 e. The van der Waals surface area contributed by atoms with Gasteiger partial charge < -0.3 is 10.2 Å². The van der Waals surface area contributed by atoms with E-state index in [0.717, 1.165) is 19.5 Å². The van der Waals surface area contributed by atoms with Crippen LogP contribution in [0.4, 0.5) is 0 Å². The van der Waals surface area contributed by atoms with Crippen molar-refractivity contribution in [3.8, 4) is 0 Å². The molecule has 1 fully saturated rings. The normalized spacial score (nSPS) is 24.4. The minimum atomic E-state index is 0.158. The van der Waals surface area contributed by atoms with Crippen LogP contribution >= 0.6 is 0 Å². The maximum atomic E-state index is 11.9. The number of carbonyl (C=O) groups is 1. The Morgan fingerprint density at radius 3 is 2.50 bits per heavy atom. The lowest BCUT2D eigenvalue weighted by atomic mass is 9.97. The molecule has 14 heavy (non-hydrogen) atoms. The Labute approximate surface area is 86.9 Å². The van der Waals surface area contributed by atoms with Crippen molar-refractivity contribution >= 4 is 5.91 Å². The summed E-state index contributed by atoms with van der Waals surface area (Å²) in [5, 5.41) is 3.22. The summed E-state index contributed by atoms with van der Waals surface area (Å²) in [5.74, 6) is 0.916. The molecule has 1 aliphatic rings. The summed E-state index contributed by atoms with van der Waals surface area (Å²) in [4.78, 5) is 13.9. The lowest BCUT2D eigenvalue weighted by molar-refractivity contribution is -0.135. The van der Waals surface area contributed by atoms with Gasteiger partial charge in [-0.15, -0.1) is 0 Å². The first-order chi connectivity index (χ1) is 6.56. The van der Waals surface area contributed by atoms with Gasteiger partial charge in [-0.2, -0.15) is 0 Å². The lowest BCUT2D eigenvalue weighted by Crippen LogP contribution is -2.37. The summed E-state index contributed by atoms with van der Waals surface area (Å²) in [5.41, 5.74) is 0. The summed E-state index contributed by atoms with van der Waals surface area (Å²) in [6.07, 6.45) is 1.09. The molecule has 1 N–H and O–H groups in total. The van der Waals surface area contributed by atoms with Crippen molar-refractivity contribution < 1.29 is 4.79 Å². The summed E-state index contributed by atoms with van der Waals surface area (Å²) in [7, 11) is 1.96.